The van der Waals surface area contributed by atoms with Gasteiger partial charge in [-0.3, -0.25) is 9.69 Å². The van der Waals surface area contributed by atoms with E-state index in [2.05, 4.69) is 10.1 Å². The normalized spacial score (nSPS) is 15.5. The van der Waals surface area contributed by atoms with Crippen molar-refractivity contribution in [1.82, 2.24) is 15.0 Å². The first-order valence-corrected chi connectivity index (χ1v) is 9.50. The van der Waals surface area contributed by atoms with E-state index in [9.17, 15) is 4.79 Å². The average Bonchev–Trinajstić information content (AvgIpc) is 3.09. The quantitative estimate of drug-likeness (QED) is 0.784. The molecule has 0 aliphatic heterocycles. The molecule has 6 heteroatoms. The van der Waals surface area contributed by atoms with Gasteiger partial charge in [-0.15, -0.1) is 0 Å². The molecule has 0 saturated heterocycles. The molecule has 1 aliphatic rings. The molecule has 1 amide bonds. The van der Waals surface area contributed by atoms with Gasteiger partial charge in [-0.1, -0.05) is 67.1 Å². The Balaban J connectivity index is 1.60. The van der Waals surface area contributed by atoms with Crippen LogP contribution in [0.3, 0.4) is 0 Å². The number of hydrogen-bond donors (Lipinski definition) is 1. The van der Waals surface area contributed by atoms with E-state index in [1.165, 1.54) is 37.7 Å². The van der Waals surface area contributed by atoms with E-state index in [-0.39, 0.29) is 12.5 Å². The summed E-state index contributed by atoms with van der Waals surface area (Å²) in [6.07, 6.45) is 7.68. The summed E-state index contributed by atoms with van der Waals surface area (Å²) in [6, 6.07) is 8.01. The molecule has 2 aromatic rings. The largest absolute Gasteiger partial charge is 0.369 e. The molecule has 0 atom stereocenters. The van der Waals surface area contributed by atoms with Gasteiger partial charge in [-0.05, 0) is 25.8 Å². The number of hydrogen-bond acceptors (Lipinski definition) is 5. The van der Waals surface area contributed by atoms with Crippen LogP contribution in [-0.2, 0) is 11.3 Å². The number of carbonyl (C=O) groups excluding carboxylic acids is 1. The van der Waals surface area contributed by atoms with Gasteiger partial charge in [0.2, 0.25) is 17.6 Å². The van der Waals surface area contributed by atoms with Crippen LogP contribution in [0, 0.1) is 12.8 Å². The molecular weight excluding hydrogens is 328 g/mol. The summed E-state index contributed by atoms with van der Waals surface area (Å²) in [7, 11) is 0. The van der Waals surface area contributed by atoms with Crippen molar-refractivity contribution >= 4 is 5.91 Å². The standard InChI is InChI=1S/C20H28N4O2/c1-15-7-9-17(10-8-15)20-22-19(26-23-20)14-24(13-18(21)25)12-11-16-5-3-2-4-6-16/h7-10,16H,2-6,11-14H2,1H3,(H2,21,25). The number of nitrogens with two attached hydrogens (primary N) is 1. The third-order valence-corrected chi connectivity index (χ3v) is 5.09. The van der Waals surface area contributed by atoms with Gasteiger partial charge in [-0.25, -0.2) is 0 Å². The van der Waals surface area contributed by atoms with E-state index in [4.69, 9.17) is 10.3 Å². The minimum Gasteiger partial charge on any atom is -0.369 e. The molecule has 1 fully saturated rings. The number of primary amides is 1. The summed E-state index contributed by atoms with van der Waals surface area (Å²) >= 11 is 0. The van der Waals surface area contributed by atoms with Crippen LogP contribution in [0.5, 0.6) is 0 Å². The minimum absolute atomic E-state index is 0.217. The van der Waals surface area contributed by atoms with Crippen molar-refractivity contribution in [2.45, 2.75) is 52.0 Å². The van der Waals surface area contributed by atoms with E-state index >= 15 is 0 Å². The summed E-state index contributed by atoms with van der Waals surface area (Å²) in [5.41, 5.74) is 7.53. The Morgan fingerprint density at radius 2 is 1.96 bits per heavy atom. The first kappa shape index (κ1) is 18.6. The Kier molecular flexibility index (Phi) is 6.39. The summed E-state index contributed by atoms with van der Waals surface area (Å²) in [5.74, 6) is 1.52. The van der Waals surface area contributed by atoms with Gasteiger partial charge in [0.25, 0.3) is 0 Å². The molecule has 1 aromatic carbocycles. The lowest BCUT2D eigenvalue weighted by molar-refractivity contribution is -0.119. The Bertz CT molecular complexity index is 705. The summed E-state index contributed by atoms with van der Waals surface area (Å²) in [4.78, 5) is 17.9. The third-order valence-electron chi connectivity index (χ3n) is 5.09. The maximum atomic E-state index is 11.4. The highest BCUT2D eigenvalue weighted by Gasteiger charge is 2.18. The van der Waals surface area contributed by atoms with Gasteiger partial charge in [-0.2, -0.15) is 4.98 Å². The van der Waals surface area contributed by atoms with Crippen LogP contribution < -0.4 is 5.73 Å². The number of amides is 1. The van der Waals surface area contributed by atoms with Gasteiger partial charge < -0.3 is 10.3 Å². The molecule has 140 valence electrons. The molecule has 1 heterocycles. The van der Waals surface area contributed by atoms with Crippen LogP contribution in [0.25, 0.3) is 11.4 Å². The fraction of sp³-hybridized carbons (Fsp3) is 0.550. The van der Waals surface area contributed by atoms with Crippen LogP contribution in [-0.4, -0.2) is 34.0 Å². The smallest absolute Gasteiger partial charge is 0.241 e. The van der Waals surface area contributed by atoms with Crippen LogP contribution in [0.2, 0.25) is 0 Å². The van der Waals surface area contributed by atoms with Crippen LogP contribution in [0.15, 0.2) is 28.8 Å². The second-order valence-electron chi connectivity index (χ2n) is 7.35. The zero-order valence-electron chi connectivity index (χ0n) is 15.5. The molecule has 6 nitrogen and oxygen atoms in total. The molecule has 0 spiro atoms. The number of aryl methyl sites for hydroxylation is 1. The van der Waals surface area contributed by atoms with Gasteiger partial charge >= 0.3 is 0 Å². The summed E-state index contributed by atoms with van der Waals surface area (Å²) in [5, 5.41) is 4.07. The third kappa shape index (κ3) is 5.39. The lowest BCUT2D eigenvalue weighted by Crippen LogP contribution is -2.35. The molecule has 26 heavy (non-hydrogen) atoms. The number of aromatic nitrogens is 2. The number of nitrogens with zero attached hydrogens (tertiary/aromatic N) is 3. The van der Waals surface area contributed by atoms with E-state index in [0.717, 1.165) is 24.4 Å². The highest BCUT2D eigenvalue weighted by molar-refractivity contribution is 5.75. The van der Waals surface area contributed by atoms with Gasteiger partial charge in [0.1, 0.15) is 0 Å². The van der Waals surface area contributed by atoms with Gasteiger partial charge in [0.05, 0.1) is 13.1 Å². The van der Waals surface area contributed by atoms with Crippen molar-refractivity contribution in [3.8, 4) is 11.4 Å². The molecular formula is C20H28N4O2. The predicted molar refractivity (Wildman–Crippen MR) is 100 cm³/mol. The fourth-order valence-corrected chi connectivity index (χ4v) is 3.61. The first-order valence-electron chi connectivity index (χ1n) is 9.50. The monoisotopic (exact) mass is 356 g/mol. The molecule has 0 unspecified atom stereocenters. The topological polar surface area (TPSA) is 85.3 Å². The zero-order valence-corrected chi connectivity index (χ0v) is 15.5. The molecule has 0 bridgehead atoms. The Labute approximate surface area is 154 Å². The lowest BCUT2D eigenvalue weighted by atomic mass is 9.87. The molecule has 1 aromatic heterocycles. The van der Waals surface area contributed by atoms with Crippen LogP contribution in [0.1, 0.15) is 50.0 Å². The van der Waals surface area contributed by atoms with Crippen molar-refractivity contribution in [1.29, 1.82) is 0 Å². The average molecular weight is 356 g/mol. The second-order valence-corrected chi connectivity index (χ2v) is 7.35. The van der Waals surface area contributed by atoms with Crippen molar-refractivity contribution in [2.24, 2.45) is 11.7 Å². The highest BCUT2D eigenvalue weighted by Crippen LogP contribution is 2.26. The van der Waals surface area contributed by atoms with Gasteiger partial charge in [0.15, 0.2) is 0 Å². The summed E-state index contributed by atoms with van der Waals surface area (Å²) < 4.78 is 5.40. The summed E-state index contributed by atoms with van der Waals surface area (Å²) in [6.45, 7) is 3.54. The predicted octanol–water partition coefficient (Wildman–Crippen LogP) is 3.30. The van der Waals surface area contributed by atoms with E-state index in [1.807, 2.05) is 36.1 Å². The fourth-order valence-electron chi connectivity index (χ4n) is 3.61. The molecule has 1 aliphatic carbocycles. The zero-order chi connectivity index (χ0) is 18.4. The van der Waals surface area contributed by atoms with Crippen molar-refractivity contribution in [3.05, 3.63) is 35.7 Å². The Morgan fingerprint density at radius 3 is 2.65 bits per heavy atom. The van der Waals surface area contributed by atoms with Gasteiger partial charge in [0, 0.05) is 5.56 Å². The van der Waals surface area contributed by atoms with Crippen molar-refractivity contribution in [3.63, 3.8) is 0 Å². The molecule has 2 N–H and O–H groups in total. The SMILES string of the molecule is Cc1ccc(-c2noc(CN(CCC3CCCCC3)CC(N)=O)n2)cc1. The van der Waals surface area contributed by atoms with E-state index in [0.29, 0.717) is 18.3 Å². The molecule has 0 radical (unpaired) electrons. The lowest BCUT2D eigenvalue weighted by Gasteiger charge is -2.25. The van der Waals surface area contributed by atoms with Crippen LogP contribution in [0.4, 0.5) is 0 Å². The van der Waals surface area contributed by atoms with Crippen LogP contribution >= 0.6 is 0 Å². The highest BCUT2D eigenvalue weighted by atomic mass is 16.5. The second kappa shape index (κ2) is 8.94. The van der Waals surface area contributed by atoms with E-state index in [1.54, 1.807) is 0 Å². The maximum Gasteiger partial charge on any atom is 0.241 e. The number of benzene rings is 1. The van der Waals surface area contributed by atoms with E-state index < -0.39 is 0 Å². The van der Waals surface area contributed by atoms with Crippen molar-refractivity contribution in [2.75, 3.05) is 13.1 Å². The first-order chi connectivity index (χ1) is 12.6. The maximum absolute atomic E-state index is 11.4. The Hall–Kier alpha value is -2.21. The molecule has 1 saturated carbocycles. The minimum atomic E-state index is -0.327. The van der Waals surface area contributed by atoms with Crippen molar-refractivity contribution < 1.29 is 9.32 Å². The molecule has 3 rings (SSSR count). The Morgan fingerprint density at radius 1 is 1.23 bits per heavy atom. The number of rotatable bonds is 8. The number of carbonyl (C=O) groups is 1.